The SMILES string of the molecule is CCOC(=O)c1ccc2c(C(=Nc3ccc(N(CC(=O)N(CC)CC)S(C)(=O)=O)cc3)c3ccccc3)c(O)[nH]c2c1. The molecular weight excluding hydrogens is 556 g/mol. The lowest BCUT2D eigenvalue weighted by Crippen LogP contribution is -2.42. The Labute approximate surface area is 245 Å². The van der Waals surface area contributed by atoms with Crippen LogP contribution in [0.5, 0.6) is 5.88 Å². The lowest BCUT2D eigenvalue weighted by atomic mass is 10.00. The lowest BCUT2D eigenvalue weighted by molar-refractivity contribution is -0.129. The highest BCUT2D eigenvalue weighted by atomic mass is 32.2. The number of likely N-dealkylation sites (N-methyl/N-ethyl adjacent to an activating group) is 1. The molecule has 0 unspecified atom stereocenters. The summed E-state index contributed by atoms with van der Waals surface area (Å²) in [5, 5.41) is 11.6. The summed E-state index contributed by atoms with van der Waals surface area (Å²) >= 11 is 0. The number of amides is 1. The van der Waals surface area contributed by atoms with Crippen LogP contribution in [0.2, 0.25) is 0 Å². The molecule has 1 amide bonds. The molecule has 0 saturated heterocycles. The number of ether oxygens (including phenoxy) is 1. The molecule has 10 nitrogen and oxygen atoms in total. The third-order valence-electron chi connectivity index (χ3n) is 6.75. The van der Waals surface area contributed by atoms with E-state index in [4.69, 9.17) is 9.73 Å². The normalized spacial score (nSPS) is 11.9. The van der Waals surface area contributed by atoms with E-state index in [1.165, 1.54) is 0 Å². The van der Waals surface area contributed by atoms with Crippen LogP contribution in [-0.2, 0) is 19.6 Å². The predicted octanol–water partition coefficient (Wildman–Crippen LogP) is 4.85. The summed E-state index contributed by atoms with van der Waals surface area (Å²) in [5.74, 6) is -0.878. The number of hydrogen-bond donors (Lipinski definition) is 2. The zero-order valence-electron chi connectivity index (χ0n) is 24.0. The highest BCUT2D eigenvalue weighted by Crippen LogP contribution is 2.33. The van der Waals surface area contributed by atoms with E-state index in [0.29, 0.717) is 52.2 Å². The Hall–Kier alpha value is -4.64. The number of aromatic amines is 1. The van der Waals surface area contributed by atoms with Gasteiger partial charge in [0, 0.05) is 29.6 Å². The molecule has 2 N–H and O–H groups in total. The average Bonchev–Trinajstić information content (AvgIpc) is 3.30. The predicted molar refractivity (Wildman–Crippen MR) is 164 cm³/mol. The van der Waals surface area contributed by atoms with E-state index in [1.54, 1.807) is 54.3 Å². The maximum atomic E-state index is 12.7. The van der Waals surface area contributed by atoms with Crippen molar-refractivity contribution in [3.63, 3.8) is 0 Å². The molecule has 4 rings (SSSR count). The van der Waals surface area contributed by atoms with Gasteiger partial charge < -0.3 is 19.7 Å². The van der Waals surface area contributed by atoms with Crippen LogP contribution >= 0.6 is 0 Å². The number of carbonyl (C=O) groups excluding carboxylic acids is 2. The number of aromatic nitrogens is 1. The van der Waals surface area contributed by atoms with E-state index >= 15 is 0 Å². The molecule has 0 aliphatic rings. The number of hydrogen-bond acceptors (Lipinski definition) is 7. The molecule has 11 heteroatoms. The summed E-state index contributed by atoms with van der Waals surface area (Å²) in [5.41, 5.74) is 3.35. The van der Waals surface area contributed by atoms with Crippen LogP contribution in [0.25, 0.3) is 10.9 Å². The maximum Gasteiger partial charge on any atom is 0.338 e. The number of benzene rings is 3. The molecule has 3 aromatic carbocycles. The second-order valence-electron chi connectivity index (χ2n) is 9.51. The first-order valence-corrected chi connectivity index (χ1v) is 15.4. The minimum Gasteiger partial charge on any atom is -0.494 e. The van der Waals surface area contributed by atoms with Crippen LogP contribution < -0.4 is 4.31 Å². The number of nitrogens with one attached hydrogen (secondary N) is 1. The molecule has 1 aromatic heterocycles. The van der Waals surface area contributed by atoms with Gasteiger partial charge in [0.25, 0.3) is 0 Å². The summed E-state index contributed by atoms with van der Waals surface area (Å²) in [6, 6.07) is 20.8. The number of aromatic hydroxyl groups is 1. The van der Waals surface area contributed by atoms with Crippen LogP contribution in [-0.4, -0.2) is 73.5 Å². The standard InChI is InChI=1S/C31H34N4O6S/c1-5-34(6-2)27(36)20-35(42(4,39)40)24-16-14-23(15-17-24)32-29(21-11-9-8-10-12-21)28-25-18-13-22(31(38)41-7-3)19-26(25)33-30(28)37/h8-19,33,37H,5-7,20H2,1-4H3. The molecule has 0 aliphatic heterocycles. The fourth-order valence-corrected chi connectivity index (χ4v) is 5.50. The van der Waals surface area contributed by atoms with E-state index in [-0.39, 0.29) is 24.9 Å². The molecule has 1 heterocycles. The molecule has 4 aromatic rings. The third kappa shape index (κ3) is 6.63. The van der Waals surface area contributed by atoms with Crippen molar-refractivity contribution in [2.24, 2.45) is 4.99 Å². The van der Waals surface area contributed by atoms with Crippen molar-refractivity contribution in [3.8, 4) is 5.88 Å². The van der Waals surface area contributed by atoms with Gasteiger partial charge in [0.1, 0.15) is 6.54 Å². The summed E-state index contributed by atoms with van der Waals surface area (Å²) in [6.07, 6.45) is 1.06. The van der Waals surface area contributed by atoms with Gasteiger partial charge in [-0.05, 0) is 57.2 Å². The van der Waals surface area contributed by atoms with Gasteiger partial charge in [-0.15, -0.1) is 0 Å². The van der Waals surface area contributed by atoms with Gasteiger partial charge in [-0.3, -0.25) is 9.10 Å². The number of H-pyrrole nitrogens is 1. The van der Waals surface area contributed by atoms with Gasteiger partial charge in [-0.25, -0.2) is 18.2 Å². The first-order chi connectivity index (χ1) is 20.1. The van der Waals surface area contributed by atoms with Crippen molar-refractivity contribution in [2.45, 2.75) is 20.8 Å². The second kappa shape index (κ2) is 12.9. The number of carbonyl (C=O) groups is 2. The van der Waals surface area contributed by atoms with E-state index in [1.807, 2.05) is 44.2 Å². The first kappa shape index (κ1) is 30.3. The van der Waals surface area contributed by atoms with Crippen molar-refractivity contribution >= 4 is 49.9 Å². The quantitative estimate of drug-likeness (QED) is 0.190. The van der Waals surface area contributed by atoms with Crippen LogP contribution in [0.3, 0.4) is 0 Å². The lowest BCUT2D eigenvalue weighted by Gasteiger charge is -2.26. The van der Waals surface area contributed by atoms with Gasteiger partial charge in [0.15, 0.2) is 5.88 Å². The van der Waals surface area contributed by atoms with Crippen LogP contribution in [0.15, 0.2) is 77.8 Å². The van der Waals surface area contributed by atoms with Gasteiger partial charge in [0.2, 0.25) is 15.9 Å². The fraction of sp³-hybridized carbons (Fsp3) is 0.258. The number of nitrogens with zero attached hydrogens (tertiary/aromatic N) is 3. The summed E-state index contributed by atoms with van der Waals surface area (Å²) < 4.78 is 31.4. The van der Waals surface area contributed by atoms with Crippen LogP contribution in [0.1, 0.15) is 42.3 Å². The first-order valence-electron chi connectivity index (χ1n) is 13.6. The Morgan fingerprint density at radius 1 is 0.929 bits per heavy atom. The third-order valence-corrected chi connectivity index (χ3v) is 7.89. The highest BCUT2D eigenvalue weighted by Gasteiger charge is 2.24. The minimum absolute atomic E-state index is 0.122. The maximum absolute atomic E-state index is 12.7. The van der Waals surface area contributed by atoms with Crippen molar-refractivity contribution < 1.29 is 27.9 Å². The number of fused-ring (bicyclic) bond motifs is 1. The zero-order chi connectivity index (χ0) is 30.4. The smallest absolute Gasteiger partial charge is 0.338 e. The Morgan fingerprint density at radius 3 is 2.19 bits per heavy atom. The molecule has 42 heavy (non-hydrogen) atoms. The summed E-state index contributed by atoms with van der Waals surface area (Å²) in [7, 11) is -3.74. The van der Waals surface area contributed by atoms with Crippen LogP contribution in [0, 0.1) is 0 Å². The number of aliphatic imine (C=N–C) groups is 1. The van der Waals surface area contributed by atoms with Crippen molar-refractivity contribution in [1.82, 2.24) is 9.88 Å². The van der Waals surface area contributed by atoms with Crippen molar-refractivity contribution in [2.75, 3.05) is 36.8 Å². The van der Waals surface area contributed by atoms with E-state index in [9.17, 15) is 23.1 Å². The van der Waals surface area contributed by atoms with E-state index in [2.05, 4.69) is 4.98 Å². The highest BCUT2D eigenvalue weighted by molar-refractivity contribution is 7.92. The van der Waals surface area contributed by atoms with Gasteiger partial charge in [-0.2, -0.15) is 0 Å². The zero-order valence-corrected chi connectivity index (χ0v) is 24.8. The summed E-state index contributed by atoms with van der Waals surface area (Å²) in [4.78, 5) is 34.3. The fourth-order valence-electron chi connectivity index (χ4n) is 4.65. The molecule has 0 aliphatic carbocycles. The molecule has 220 valence electrons. The minimum atomic E-state index is -3.74. The Balaban J connectivity index is 1.77. The van der Waals surface area contributed by atoms with Crippen LogP contribution in [0.4, 0.5) is 11.4 Å². The summed E-state index contributed by atoms with van der Waals surface area (Å²) in [6.45, 7) is 6.31. The van der Waals surface area contributed by atoms with Gasteiger partial charge in [-0.1, -0.05) is 36.4 Å². The van der Waals surface area contributed by atoms with Gasteiger partial charge in [0.05, 0.1) is 41.1 Å². The largest absolute Gasteiger partial charge is 0.494 e. The number of anilines is 1. The number of sulfonamides is 1. The van der Waals surface area contributed by atoms with Crippen molar-refractivity contribution in [3.05, 3.63) is 89.5 Å². The Kier molecular flexibility index (Phi) is 9.31. The number of rotatable bonds is 11. The Bertz CT molecular complexity index is 1710. The topological polar surface area (TPSA) is 132 Å². The van der Waals surface area contributed by atoms with Crippen molar-refractivity contribution in [1.29, 1.82) is 0 Å². The monoisotopic (exact) mass is 590 g/mol. The van der Waals surface area contributed by atoms with Gasteiger partial charge >= 0.3 is 5.97 Å². The molecule has 0 bridgehead atoms. The number of esters is 1. The second-order valence-corrected chi connectivity index (χ2v) is 11.4. The molecular formula is C31H34N4O6S. The average molecular weight is 591 g/mol. The molecule has 0 saturated carbocycles. The molecule has 0 spiro atoms. The van der Waals surface area contributed by atoms with E-state index < -0.39 is 16.0 Å². The van der Waals surface area contributed by atoms with E-state index in [0.717, 1.165) is 16.1 Å². The molecule has 0 fully saturated rings. The molecule has 0 atom stereocenters. The molecule has 0 radical (unpaired) electrons. The Morgan fingerprint density at radius 2 is 1.60 bits per heavy atom.